The second-order valence-corrected chi connectivity index (χ2v) is 3.19. The molecule has 0 aromatic heterocycles. The Kier molecular flexibility index (Phi) is 8.46. The van der Waals surface area contributed by atoms with Gasteiger partial charge in [0, 0.05) is 13.7 Å². The van der Waals surface area contributed by atoms with Gasteiger partial charge in [0.2, 0.25) is 5.91 Å². The van der Waals surface area contributed by atoms with Crippen LogP contribution in [0.5, 0.6) is 0 Å². The van der Waals surface area contributed by atoms with Crippen molar-refractivity contribution in [3.8, 4) is 0 Å². The lowest BCUT2D eigenvalue weighted by molar-refractivity contribution is -0.142. The molecule has 0 fully saturated rings. The molecule has 1 unspecified atom stereocenters. The molecule has 6 heteroatoms. The summed E-state index contributed by atoms with van der Waals surface area (Å²) in [6, 6.07) is -0.429. The first kappa shape index (κ1) is 14.9. The third-order valence-electron chi connectivity index (χ3n) is 1.86. The predicted molar refractivity (Wildman–Crippen MR) is 59.0 cm³/mol. The first-order valence-electron chi connectivity index (χ1n) is 5.27. The maximum atomic E-state index is 11.4. The molecule has 0 aliphatic rings. The Hall–Kier alpha value is -1.14. The number of ether oxygens (including phenoxy) is 2. The molecule has 0 saturated heterocycles. The minimum atomic E-state index is -0.429. The van der Waals surface area contributed by atoms with Gasteiger partial charge in [-0.1, -0.05) is 0 Å². The van der Waals surface area contributed by atoms with Gasteiger partial charge in [0.1, 0.15) is 0 Å². The van der Waals surface area contributed by atoms with Gasteiger partial charge in [0.05, 0.1) is 25.8 Å². The van der Waals surface area contributed by atoms with Gasteiger partial charge in [-0.3, -0.25) is 14.9 Å². The highest BCUT2D eigenvalue weighted by atomic mass is 16.5. The molecule has 0 spiro atoms. The van der Waals surface area contributed by atoms with Gasteiger partial charge in [-0.25, -0.2) is 0 Å². The Labute approximate surface area is 95.7 Å². The zero-order valence-corrected chi connectivity index (χ0v) is 10.0. The average molecular weight is 232 g/mol. The standard InChI is InChI=1S/C10H20N2O4/c1-4-16-9(13)7-12-8(2)10(14)11-5-6-15-3/h8,12H,4-7H2,1-3H3,(H,11,14). The highest BCUT2D eigenvalue weighted by Gasteiger charge is 2.13. The van der Waals surface area contributed by atoms with Gasteiger partial charge in [-0.05, 0) is 13.8 Å². The number of nitrogens with one attached hydrogen (secondary N) is 2. The number of hydrogen-bond donors (Lipinski definition) is 2. The van der Waals surface area contributed by atoms with E-state index < -0.39 is 6.04 Å². The predicted octanol–water partition coefficient (Wildman–Crippen LogP) is -0.710. The minimum absolute atomic E-state index is 0.0344. The number of esters is 1. The Morgan fingerprint density at radius 1 is 1.38 bits per heavy atom. The molecule has 1 atom stereocenters. The van der Waals surface area contributed by atoms with Crippen LogP contribution in [0.15, 0.2) is 0 Å². The van der Waals surface area contributed by atoms with Crippen LogP contribution >= 0.6 is 0 Å². The number of rotatable bonds is 8. The number of hydrogen-bond acceptors (Lipinski definition) is 5. The number of amides is 1. The normalized spacial score (nSPS) is 11.9. The van der Waals surface area contributed by atoms with Crippen molar-refractivity contribution in [2.24, 2.45) is 0 Å². The molecule has 0 rings (SSSR count). The molecule has 0 aromatic carbocycles. The number of methoxy groups -OCH3 is 1. The molecule has 2 N–H and O–H groups in total. The summed E-state index contributed by atoms with van der Waals surface area (Å²) >= 11 is 0. The van der Waals surface area contributed by atoms with Crippen molar-refractivity contribution in [3.05, 3.63) is 0 Å². The first-order chi connectivity index (χ1) is 7.61. The summed E-state index contributed by atoms with van der Waals surface area (Å²) in [7, 11) is 1.56. The van der Waals surface area contributed by atoms with E-state index in [0.717, 1.165) is 0 Å². The van der Waals surface area contributed by atoms with Crippen LogP contribution in [-0.2, 0) is 19.1 Å². The fourth-order valence-corrected chi connectivity index (χ4v) is 0.971. The van der Waals surface area contributed by atoms with Crippen molar-refractivity contribution in [3.63, 3.8) is 0 Å². The second-order valence-electron chi connectivity index (χ2n) is 3.19. The van der Waals surface area contributed by atoms with Gasteiger partial charge in [-0.2, -0.15) is 0 Å². The van der Waals surface area contributed by atoms with E-state index in [1.54, 1.807) is 21.0 Å². The molecule has 0 aromatic rings. The van der Waals surface area contributed by atoms with Crippen LogP contribution in [0.2, 0.25) is 0 Å². The van der Waals surface area contributed by atoms with E-state index in [1.807, 2.05) is 0 Å². The molecule has 0 aliphatic carbocycles. The summed E-state index contributed by atoms with van der Waals surface area (Å²) < 4.78 is 9.51. The first-order valence-corrected chi connectivity index (χ1v) is 5.27. The summed E-state index contributed by atoms with van der Waals surface area (Å²) in [5, 5.41) is 5.43. The third-order valence-corrected chi connectivity index (χ3v) is 1.86. The van der Waals surface area contributed by atoms with Crippen LogP contribution in [0.4, 0.5) is 0 Å². The van der Waals surface area contributed by atoms with E-state index in [2.05, 4.69) is 10.6 Å². The quantitative estimate of drug-likeness (QED) is 0.427. The van der Waals surface area contributed by atoms with Crippen molar-refractivity contribution in [2.45, 2.75) is 19.9 Å². The Bertz CT molecular complexity index is 221. The molecule has 16 heavy (non-hydrogen) atoms. The summed E-state index contributed by atoms with van der Waals surface area (Å²) in [4.78, 5) is 22.4. The van der Waals surface area contributed by atoms with Crippen molar-refractivity contribution in [1.82, 2.24) is 10.6 Å². The zero-order valence-electron chi connectivity index (χ0n) is 10.0. The molecule has 0 aliphatic heterocycles. The van der Waals surface area contributed by atoms with E-state index in [1.165, 1.54) is 0 Å². The lowest BCUT2D eigenvalue weighted by Gasteiger charge is -2.13. The second kappa shape index (κ2) is 9.11. The molecule has 94 valence electrons. The summed E-state index contributed by atoms with van der Waals surface area (Å²) in [6.45, 7) is 4.72. The molecule has 0 heterocycles. The summed E-state index contributed by atoms with van der Waals surface area (Å²) in [5.74, 6) is -0.527. The minimum Gasteiger partial charge on any atom is -0.465 e. The largest absolute Gasteiger partial charge is 0.465 e. The SMILES string of the molecule is CCOC(=O)CNC(C)C(=O)NCCOC. The van der Waals surface area contributed by atoms with Crippen LogP contribution in [0.1, 0.15) is 13.8 Å². The van der Waals surface area contributed by atoms with Gasteiger partial charge >= 0.3 is 5.97 Å². The fraction of sp³-hybridized carbons (Fsp3) is 0.800. The maximum Gasteiger partial charge on any atom is 0.319 e. The van der Waals surface area contributed by atoms with Gasteiger partial charge < -0.3 is 14.8 Å². The Morgan fingerprint density at radius 3 is 2.62 bits per heavy atom. The van der Waals surface area contributed by atoms with Crippen molar-refractivity contribution in [1.29, 1.82) is 0 Å². The van der Waals surface area contributed by atoms with E-state index in [4.69, 9.17) is 9.47 Å². The molecular weight excluding hydrogens is 212 g/mol. The van der Waals surface area contributed by atoms with E-state index >= 15 is 0 Å². The zero-order chi connectivity index (χ0) is 12.4. The Balaban J connectivity index is 3.66. The van der Waals surface area contributed by atoms with Crippen LogP contribution < -0.4 is 10.6 Å². The number of carbonyl (C=O) groups excluding carboxylic acids is 2. The van der Waals surface area contributed by atoms with Gasteiger partial charge in [0.25, 0.3) is 0 Å². The summed E-state index contributed by atoms with van der Waals surface area (Å²) in [5.41, 5.74) is 0. The summed E-state index contributed by atoms with van der Waals surface area (Å²) in [6.07, 6.45) is 0. The van der Waals surface area contributed by atoms with Crippen molar-refractivity contribution < 1.29 is 19.1 Å². The van der Waals surface area contributed by atoms with Gasteiger partial charge in [0.15, 0.2) is 0 Å². The monoisotopic (exact) mass is 232 g/mol. The molecule has 6 nitrogen and oxygen atoms in total. The van der Waals surface area contributed by atoms with E-state index in [-0.39, 0.29) is 18.4 Å². The lowest BCUT2D eigenvalue weighted by Crippen LogP contribution is -2.45. The lowest BCUT2D eigenvalue weighted by atomic mass is 10.3. The fourth-order valence-electron chi connectivity index (χ4n) is 0.971. The smallest absolute Gasteiger partial charge is 0.319 e. The van der Waals surface area contributed by atoms with Crippen molar-refractivity contribution in [2.75, 3.05) is 33.4 Å². The third kappa shape index (κ3) is 7.19. The molecule has 0 saturated carbocycles. The van der Waals surface area contributed by atoms with Crippen LogP contribution in [0, 0.1) is 0 Å². The molecular formula is C10H20N2O4. The number of carbonyl (C=O) groups is 2. The van der Waals surface area contributed by atoms with E-state index in [0.29, 0.717) is 19.8 Å². The van der Waals surface area contributed by atoms with Crippen LogP contribution in [-0.4, -0.2) is 51.3 Å². The molecule has 0 bridgehead atoms. The molecule has 0 radical (unpaired) electrons. The average Bonchev–Trinajstić information content (AvgIpc) is 2.26. The topological polar surface area (TPSA) is 76.7 Å². The molecule has 1 amide bonds. The van der Waals surface area contributed by atoms with E-state index in [9.17, 15) is 9.59 Å². The highest BCUT2D eigenvalue weighted by molar-refractivity contribution is 5.82. The van der Waals surface area contributed by atoms with Crippen LogP contribution in [0.3, 0.4) is 0 Å². The maximum absolute atomic E-state index is 11.4. The van der Waals surface area contributed by atoms with Gasteiger partial charge in [-0.15, -0.1) is 0 Å². The van der Waals surface area contributed by atoms with Crippen molar-refractivity contribution >= 4 is 11.9 Å². The Morgan fingerprint density at radius 2 is 2.06 bits per heavy atom. The highest BCUT2D eigenvalue weighted by Crippen LogP contribution is 1.83. The van der Waals surface area contributed by atoms with Crippen LogP contribution in [0.25, 0.3) is 0 Å².